The van der Waals surface area contributed by atoms with E-state index in [4.69, 9.17) is 17.3 Å². The van der Waals surface area contributed by atoms with E-state index in [9.17, 15) is 9.18 Å². The summed E-state index contributed by atoms with van der Waals surface area (Å²) in [6.07, 6.45) is 1.20. The zero-order valence-corrected chi connectivity index (χ0v) is 10.1. The molecule has 0 saturated heterocycles. The standard InChI is InChI=1S/C12H13ClFNO2/c1-2-17-12(16)7-8(15)6-9-10(13)4-3-5-11(9)14/h3-5,7H,2,6,15H2,1H3/b8-7-. The molecular formula is C12H13ClFNO2. The maximum atomic E-state index is 13.4. The van der Waals surface area contributed by atoms with Gasteiger partial charge in [0.1, 0.15) is 5.82 Å². The fourth-order valence-electron chi connectivity index (χ4n) is 1.29. The van der Waals surface area contributed by atoms with Crippen LogP contribution in [0.2, 0.25) is 5.02 Å². The van der Waals surface area contributed by atoms with E-state index in [0.717, 1.165) is 6.08 Å². The van der Waals surface area contributed by atoms with Gasteiger partial charge in [-0.05, 0) is 19.1 Å². The first kappa shape index (κ1) is 13.5. The molecule has 0 bridgehead atoms. The number of hydrogen-bond acceptors (Lipinski definition) is 3. The van der Waals surface area contributed by atoms with Gasteiger partial charge in [0.2, 0.25) is 0 Å². The van der Waals surface area contributed by atoms with Gasteiger partial charge in [-0.15, -0.1) is 0 Å². The first-order chi connectivity index (χ1) is 8.04. The summed E-state index contributed by atoms with van der Waals surface area (Å²) in [5, 5.41) is 0.283. The highest BCUT2D eigenvalue weighted by Gasteiger charge is 2.08. The average Bonchev–Trinajstić information content (AvgIpc) is 2.24. The van der Waals surface area contributed by atoms with E-state index < -0.39 is 11.8 Å². The average molecular weight is 258 g/mol. The molecule has 0 spiro atoms. The number of carbonyl (C=O) groups excluding carboxylic acids is 1. The van der Waals surface area contributed by atoms with Crippen LogP contribution in [0.15, 0.2) is 30.0 Å². The highest BCUT2D eigenvalue weighted by atomic mass is 35.5. The third-order valence-corrected chi connectivity index (χ3v) is 2.39. The Bertz CT molecular complexity index is 426. The zero-order chi connectivity index (χ0) is 12.8. The SMILES string of the molecule is CCOC(=O)/C=C(\N)Cc1c(F)cccc1Cl. The molecular weight excluding hydrogens is 245 g/mol. The lowest BCUT2D eigenvalue weighted by Crippen LogP contribution is -2.09. The molecule has 0 aromatic heterocycles. The number of ether oxygens (including phenoxy) is 1. The smallest absolute Gasteiger partial charge is 0.332 e. The van der Waals surface area contributed by atoms with Gasteiger partial charge in [0.15, 0.2) is 0 Å². The molecule has 0 saturated carbocycles. The van der Waals surface area contributed by atoms with Crippen LogP contribution in [0, 0.1) is 5.82 Å². The number of carbonyl (C=O) groups is 1. The largest absolute Gasteiger partial charge is 0.463 e. The number of halogens is 2. The van der Waals surface area contributed by atoms with Crippen LogP contribution in [0.3, 0.4) is 0 Å². The minimum absolute atomic E-state index is 0.0737. The number of benzene rings is 1. The Morgan fingerprint density at radius 3 is 2.88 bits per heavy atom. The molecule has 17 heavy (non-hydrogen) atoms. The molecule has 0 atom stereocenters. The Morgan fingerprint density at radius 2 is 2.29 bits per heavy atom. The predicted octanol–water partition coefficient (Wildman–Crippen LogP) is 2.43. The Balaban J connectivity index is 2.81. The van der Waals surface area contributed by atoms with Crippen molar-refractivity contribution in [3.63, 3.8) is 0 Å². The Kier molecular flexibility index (Phi) is 4.97. The first-order valence-electron chi connectivity index (χ1n) is 5.10. The van der Waals surface area contributed by atoms with Crippen molar-refractivity contribution < 1.29 is 13.9 Å². The van der Waals surface area contributed by atoms with E-state index in [-0.39, 0.29) is 29.3 Å². The quantitative estimate of drug-likeness (QED) is 0.666. The molecule has 0 radical (unpaired) electrons. The fourth-order valence-corrected chi connectivity index (χ4v) is 1.52. The van der Waals surface area contributed by atoms with Gasteiger partial charge in [-0.1, -0.05) is 17.7 Å². The maximum Gasteiger partial charge on any atom is 0.332 e. The topological polar surface area (TPSA) is 52.3 Å². The number of allylic oxidation sites excluding steroid dienone is 1. The maximum absolute atomic E-state index is 13.4. The molecule has 0 fully saturated rings. The second-order valence-electron chi connectivity index (χ2n) is 3.35. The third-order valence-electron chi connectivity index (χ3n) is 2.03. The monoisotopic (exact) mass is 257 g/mol. The van der Waals surface area contributed by atoms with Gasteiger partial charge in [-0.2, -0.15) is 0 Å². The lowest BCUT2D eigenvalue weighted by Gasteiger charge is -2.06. The van der Waals surface area contributed by atoms with E-state index in [1.165, 1.54) is 12.1 Å². The van der Waals surface area contributed by atoms with E-state index in [0.29, 0.717) is 0 Å². The second-order valence-corrected chi connectivity index (χ2v) is 3.76. The van der Waals surface area contributed by atoms with Gasteiger partial charge in [0.05, 0.1) is 6.61 Å². The molecule has 5 heteroatoms. The summed E-state index contributed by atoms with van der Waals surface area (Å²) in [4.78, 5) is 11.1. The van der Waals surface area contributed by atoms with Crippen LogP contribution in [0.1, 0.15) is 12.5 Å². The van der Waals surface area contributed by atoms with Crippen LogP contribution in [0.25, 0.3) is 0 Å². The molecule has 0 heterocycles. The van der Waals surface area contributed by atoms with Gasteiger partial charge >= 0.3 is 5.97 Å². The van der Waals surface area contributed by atoms with E-state index in [2.05, 4.69) is 4.74 Å². The molecule has 3 nitrogen and oxygen atoms in total. The second kappa shape index (κ2) is 6.25. The molecule has 0 unspecified atom stereocenters. The zero-order valence-electron chi connectivity index (χ0n) is 9.37. The summed E-state index contributed by atoms with van der Waals surface area (Å²) in [6.45, 7) is 1.96. The van der Waals surface area contributed by atoms with Crippen molar-refractivity contribution in [3.05, 3.63) is 46.4 Å². The van der Waals surface area contributed by atoms with E-state index in [1.54, 1.807) is 13.0 Å². The minimum Gasteiger partial charge on any atom is -0.463 e. The lowest BCUT2D eigenvalue weighted by atomic mass is 10.1. The van der Waals surface area contributed by atoms with Gasteiger partial charge in [0, 0.05) is 28.8 Å². The summed E-state index contributed by atoms with van der Waals surface area (Å²) in [5.41, 5.74) is 6.08. The normalized spacial score (nSPS) is 11.4. The minimum atomic E-state index is -0.544. The molecule has 1 aromatic rings. The van der Waals surface area contributed by atoms with Gasteiger partial charge in [-0.25, -0.2) is 9.18 Å². The van der Waals surface area contributed by atoms with Crippen molar-refractivity contribution >= 4 is 17.6 Å². The molecule has 0 aliphatic heterocycles. The van der Waals surface area contributed by atoms with E-state index in [1.807, 2.05) is 0 Å². The van der Waals surface area contributed by atoms with Crippen LogP contribution in [-0.2, 0) is 16.0 Å². The van der Waals surface area contributed by atoms with E-state index >= 15 is 0 Å². The van der Waals surface area contributed by atoms with Gasteiger partial charge in [-0.3, -0.25) is 0 Å². The van der Waals surface area contributed by atoms with Crippen molar-refractivity contribution in [3.8, 4) is 0 Å². The molecule has 0 amide bonds. The fraction of sp³-hybridized carbons (Fsp3) is 0.250. The number of nitrogens with two attached hydrogens (primary N) is 1. The van der Waals surface area contributed by atoms with Crippen LogP contribution in [0.5, 0.6) is 0 Å². The summed E-state index contributed by atoms with van der Waals surface area (Å²) in [7, 11) is 0. The number of esters is 1. The summed E-state index contributed by atoms with van der Waals surface area (Å²) in [5.74, 6) is -0.991. The van der Waals surface area contributed by atoms with Crippen molar-refractivity contribution in [1.29, 1.82) is 0 Å². The van der Waals surface area contributed by atoms with Gasteiger partial charge in [0.25, 0.3) is 0 Å². The molecule has 2 N–H and O–H groups in total. The Hall–Kier alpha value is -1.55. The van der Waals surface area contributed by atoms with Crippen LogP contribution >= 0.6 is 11.6 Å². The summed E-state index contributed by atoms with van der Waals surface area (Å²) in [6, 6.07) is 4.36. The molecule has 92 valence electrons. The lowest BCUT2D eigenvalue weighted by molar-refractivity contribution is -0.137. The van der Waals surface area contributed by atoms with Crippen LogP contribution in [0.4, 0.5) is 4.39 Å². The Morgan fingerprint density at radius 1 is 1.59 bits per heavy atom. The number of hydrogen-bond donors (Lipinski definition) is 1. The third kappa shape index (κ3) is 4.07. The van der Waals surface area contributed by atoms with Crippen LogP contribution in [-0.4, -0.2) is 12.6 Å². The molecule has 0 aliphatic carbocycles. The van der Waals surface area contributed by atoms with Crippen LogP contribution < -0.4 is 5.73 Å². The summed E-state index contributed by atoms with van der Waals surface area (Å²) >= 11 is 5.83. The molecule has 1 rings (SSSR count). The Labute approximate surface area is 104 Å². The number of rotatable bonds is 4. The highest BCUT2D eigenvalue weighted by molar-refractivity contribution is 6.31. The molecule has 0 aliphatic rings. The predicted molar refractivity (Wildman–Crippen MR) is 64.0 cm³/mol. The van der Waals surface area contributed by atoms with Crippen molar-refractivity contribution in [2.45, 2.75) is 13.3 Å². The highest BCUT2D eigenvalue weighted by Crippen LogP contribution is 2.20. The molecule has 1 aromatic carbocycles. The summed E-state index contributed by atoms with van der Waals surface area (Å²) < 4.78 is 18.1. The first-order valence-corrected chi connectivity index (χ1v) is 5.48. The van der Waals surface area contributed by atoms with Gasteiger partial charge < -0.3 is 10.5 Å². The van der Waals surface area contributed by atoms with Crippen molar-refractivity contribution in [2.24, 2.45) is 5.73 Å². The van der Waals surface area contributed by atoms with Crippen molar-refractivity contribution in [2.75, 3.05) is 6.61 Å². The van der Waals surface area contributed by atoms with Crippen molar-refractivity contribution in [1.82, 2.24) is 0 Å².